The molecule has 0 unspecified atom stereocenters. The first-order valence-electron chi connectivity index (χ1n) is 3.70. The van der Waals surface area contributed by atoms with Gasteiger partial charge in [-0.15, -0.1) is 0 Å². The van der Waals surface area contributed by atoms with Crippen LogP contribution in [0.1, 0.15) is 13.8 Å². The van der Waals surface area contributed by atoms with E-state index in [9.17, 15) is 8.42 Å². The van der Waals surface area contributed by atoms with Crippen LogP contribution in [-0.2, 0) is 10.1 Å². The second-order valence-electron chi connectivity index (χ2n) is 2.81. The monoisotopic (exact) mass is 190 g/mol. The van der Waals surface area contributed by atoms with E-state index in [4.69, 9.17) is 4.55 Å². The van der Waals surface area contributed by atoms with Gasteiger partial charge in [-0.25, -0.2) is 0 Å². The van der Waals surface area contributed by atoms with Gasteiger partial charge in [0.25, 0.3) is 10.1 Å². The summed E-state index contributed by atoms with van der Waals surface area (Å²) in [4.78, 5) is 0. The normalized spacial score (nSPS) is 13.7. The van der Waals surface area contributed by atoms with Gasteiger partial charge in [0, 0.05) is 0 Å². The third-order valence-corrected chi connectivity index (χ3v) is 1.66. The van der Waals surface area contributed by atoms with Crippen LogP contribution in [0.5, 0.6) is 0 Å². The SMILES string of the molecule is CC(C)C=CC=CCS(=O)(=O)O. The molecule has 0 spiro atoms. The third kappa shape index (κ3) is 9.39. The summed E-state index contributed by atoms with van der Waals surface area (Å²) in [6, 6.07) is 0. The van der Waals surface area contributed by atoms with Crippen molar-refractivity contribution in [2.75, 3.05) is 5.75 Å². The molecule has 0 rings (SSSR count). The van der Waals surface area contributed by atoms with Crippen molar-refractivity contribution in [3.8, 4) is 0 Å². The molecule has 0 aromatic carbocycles. The molecule has 0 saturated heterocycles. The molecule has 0 amide bonds. The minimum atomic E-state index is -3.85. The van der Waals surface area contributed by atoms with Crippen LogP contribution in [0.25, 0.3) is 0 Å². The molecular formula is C8H14O3S. The quantitative estimate of drug-likeness (QED) is 0.541. The fraction of sp³-hybridized carbons (Fsp3) is 0.500. The van der Waals surface area contributed by atoms with Crippen molar-refractivity contribution in [1.82, 2.24) is 0 Å². The minimum absolute atomic E-state index is 0.324. The summed E-state index contributed by atoms with van der Waals surface area (Å²) in [5, 5.41) is 0. The van der Waals surface area contributed by atoms with E-state index in [0.29, 0.717) is 5.92 Å². The Labute approximate surface area is 73.5 Å². The summed E-state index contributed by atoms with van der Waals surface area (Å²) >= 11 is 0. The van der Waals surface area contributed by atoms with Crippen molar-refractivity contribution in [1.29, 1.82) is 0 Å². The fourth-order valence-corrected chi connectivity index (χ4v) is 0.896. The van der Waals surface area contributed by atoms with E-state index in [-0.39, 0.29) is 5.75 Å². The van der Waals surface area contributed by atoms with Crippen LogP contribution in [0.4, 0.5) is 0 Å². The average molecular weight is 190 g/mol. The standard InChI is InChI=1S/C8H14O3S/c1-8(2)6-4-3-5-7-12(9,10)11/h3-6,8H,7H2,1-2H3,(H,9,10,11). The lowest BCUT2D eigenvalue weighted by atomic mass is 10.2. The van der Waals surface area contributed by atoms with E-state index in [1.165, 1.54) is 6.08 Å². The maximum absolute atomic E-state index is 10.2. The van der Waals surface area contributed by atoms with Crippen LogP contribution in [-0.4, -0.2) is 18.7 Å². The number of hydrogen-bond donors (Lipinski definition) is 1. The molecule has 3 nitrogen and oxygen atoms in total. The molecule has 0 aromatic heterocycles. The topological polar surface area (TPSA) is 54.4 Å². The summed E-state index contributed by atoms with van der Waals surface area (Å²) in [6.45, 7) is 4.04. The zero-order valence-corrected chi connectivity index (χ0v) is 8.08. The fourth-order valence-electron chi connectivity index (χ4n) is 0.542. The van der Waals surface area contributed by atoms with E-state index in [0.717, 1.165) is 0 Å². The maximum atomic E-state index is 10.2. The van der Waals surface area contributed by atoms with Crippen LogP contribution in [0, 0.1) is 5.92 Å². The molecule has 70 valence electrons. The maximum Gasteiger partial charge on any atom is 0.268 e. The van der Waals surface area contributed by atoms with Gasteiger partial charge in [0.1, 0.15) is 0 Å². The van der Waals surface area contributed by atoms with Gasteiger partial charge in [0.15, 0.2) is 0 Å². The highest BCUT2D eigenvalue weighted by Gasteiger charge is 1.97. The molecule has 0 saturated carbocycles. The van der Waals surface area contributed by atoms with E-state index in [2.05, 4.69) is 0 Å². The summed E-state index contributed by atoms with van der Waals surface area (Å²) in [6.07, 6.45) is 6.69. The molecule has 1 N–H and O–H groups in total. The molecule has 0 aliphatic rings. The van der Waals surface area contributed by atoms with E-state index < -0.39 is 10.1 Å². The third-order valence-electron chi connectivity index (χ3n) is 1.05. The highest BCUT2D eigenvalue weighted by atomic mass is 32.2. The lowest BCUT2D eigenvalue weighted by Crippen LogP contribution is -1.99. The van der Waals surface area contributed by atoms with Gasteiger partial charge >= 0.3 is 0 Å². The first kappa shape index (κ1) is 11.4. The summed E-state index contributed by atoms with van der Waals surface area (Å²) in [5.41, 5.74) is 0. The molecule has 0 radical (unpaired) electrons. The van der Waals surface area contributed by atoms with Crippen molar-refractivity contribution in [3.63, 3.8) is 0 Å². The van der Waals surface area contributed by atoms with E-state index >= 15 is 0 Å². The zero-order chi connectivity index (χ0) is 9.61. The predicted octanol–water partition coefficient (Wildman–Crippen LogP) is 1.64. The summed E-state index contributed by atoms with van der Waals surface area (Å²) in [7, 11) is -3.85. The molecule has 4 heteroatoms. The predicted molar refractivity (Wildman–Crippen MR) is 49.5 cm³/mol. The van der Waals surface area contributed by atoms with Crippen molar-refractivity contribution >= 4 is 10.1 Å². The number of hydrogen-bond acceptors (Lipinski definition) is 2. The number of rotatable bonds is 4. The number of allylic oxidation sites excluding steroid dienone is 3. The van der Waals surface area contributed by atoms with Crippen LogP contribution in [0.15, 0.2) is 24.3 Å². The molecule has 0 heterocycles. The van der Waals surface area contributed by atoms with Crippen molar-refractivity contribution in [2.24, 2.45) is 5.92 Å². The Kier molecular flexibility index (Phi) is 4.85. The highest BCUT2D eigenvalue weighted by Crippen LogP contribution is 1.93. The van der Waals surface area contributed by atoms with Crippen molar-refractivity contribution in [3.05, 3.63) is 24.3 Å². The van der Waals surface area contributed by atoms with Gasteiger partial charge in [-0.05, 0) is 5.92 Å². The Morgan fingerprint density at radius 2 is 1.92 bits per heavy atom. The Bertz CT molecular complexity index is 260. The van der Waals surface area contributed by atoms with Crippen molar-refractivity contribution < 1.29 is 13.0 Å². The van der Waals surface area contributed by atoms with Crippen LogP contribution < -0.4 is 0 Å². The van der Waals surface area contributed by atoms with Crippen LogP contribution in [0.2, 0.25) is 0 Å². The van der Waals surface area contributed by atoms with E-state index in [1.54, 1.807) is 12.2 Å². The van der Waals surface area contributed by atoms with Gasteiger partial charge in [0.2, 0.25) is 0 Å². The Morgan fingerprint density at radius 1 is 1.33 bits per heavy atom. The zero-order valence-electron chi connectivity index (χ0n) is 7.27. The molecule has 0 atom stereocenters. The first-order valence-corrected chi connectivity index (χ1v) is 5.31. The van der Waals surface area contributed by atoms with Gasteiger partial charge in [-0.1, -0.05) is 38.2 Å². The van der Waals surface area contributed by atoms with E-state index in [1.807, 2.05) is 19.9 Å². The largest absolute Gasteiger partial charge is 0.285 e. The second kappa shape index (κ2) is 5.11. The van der Waals surface area contributed by atoms with Gasteiger partial charge in [-0.3, -0.25) is 4.55 Å². The summed E-state index contributed by atoms with van der Waals surface area (Å²) in [5.74, 6) is 0.121. The Hall–Kier alpha value is -0.610. The Balaban J connectivity index is 3.80. The average Bonchev–Trinajstić information content (AvgIpc) is 1.83. The molecular weight excluding hydrogens is 176 g/mol. The first-order chi connectivity index (χ1) is 5.42. The molecule has 0 aliphatic carbocycles. The molecule has 0 aliphatic heterocycles. The Morgan fingerprint density at radius 3 is 2.33 bits per heavy atom. The highest BCUT2D eigenvalue weighted by molar-refractivity contribution is 7.85. The summed E-state index contributed by atoms with van der Waals surface area (Å²) < 4.78 is 28.7. The minimum Gasteiger partial charge on any atom is -0.285 e. The van der Waals surface area contributed by atoms with Gasteiger partial charge in [0.05, 0.1) is 5.75 Å². The molecule has 0 aromatic rings. The van der Waals surface area contributed by atoms with Crippen molar-refractivity contribution in [2.45, 2.75) is 13.8 Å². The smallest absolute Gasteiger partial charge is 0.268 e. The van der Waals surface area contributed by atoms with Gasteiger partial charge in [-0.2, -0.15) is 8.42 Å². The van der Waals surface area contributed by atoms with Crippen LogP contribution >= 0.6 is 0 Å². The lowest BCUT2D eigenvalue weighted by Gasteiger charge is -1.89. The molecule has 12 heavy (non-hydrogen) atoms. The molecule has 0 bridgehead atoms. The van der Waals surface area contributed by atoms with Gasteiger partial charge < -0.3 is 0 Å². The molecule has 0 fully saturated rings. The second-order valence-corrected chi connectivity index (χ2v) is 4.30. The lowest BCUT2D eigenvalue weighted by molar-refractivity contribution is 0.487. The van der Waals surface area contributed by atoms with Crippen LogP contribution in [0.3, 0.4) is 0 Å².